The lowest BCUT2D eigenvalue weighted by molar-refractivity contribution is 0.0213. The average molecular weight is 246 g/mol. The van der Waals surface area contributed by atoms with Gasteiger partial charge in [0, 0.05) is 10.8 Å². The molecule has 3 saturated carbocycles. The van der Waals surface area contributed by atoms with Crippen LogP contribution in [0, 0.1) is 22.7 Å². The second-order valence-electron chi connectivity index (χ2n) is 6.19. The molecule has 4 unspecified atom stereocenters. The minimum absolute atomic E-state index is 0.119. The van der Waals surface area contributed by atoms with Crippen LogP contribution in [0.1, 0.15) is 38.5 Å². The number of carbonyl (C=O) groups excluding carboxylic acids is 2. The van der Waals surface area contributed by atoms with Gasteiger partial charge in [-0.15, -0.1) is 0 Å². The molecular formula is C14H18N2O2. The summed E-state index contributed by atoms with van der Waals surface area (Å²) in [4.78, 5) is 28.8. The summed E-state index contributed by atoms with van der Waals surface area (Å²) < 4.78 is 0. The normalized spacial score (nSPS) is 44.2. The Morgan fingerprint density at radius 3 is 1.89 bits per heavy atom. The van der Waals surface area contributed by atoms with Crippen LogP contribution in [0.4, 0.5) is 0 Å². The van der Waals surface area contributed by atoms with Gasteiger partial charge < -0.3 is 0 Å². The van der Waals surface area contributed by atoms with Crippen molar-refractivity contribution in [1.29, 1.82) is 0 Å². The summed E-state index contributed by atoms with van der Waals surface area (Å²) in [6.07, 6.45) is 10.6. The number of fused-ring (bicyclic) bond motifs is 5. The maximum atomic E-state index is 10.5. The zero-order chi connectivity index (χ0) is 12.6. The number of hydrogen-bond donors (Lipinski definition) is 0. The van der Waals surface area contributed by atoms with Crippen molar-refractivity contribution in [2.75, 3.05) is 13.1 Å². The second-order valence-corrected chi connectivity index (χ2v) is 6.19. The van der Waals surface area contributed by atoms with Gasteiger partial charge in [-0.3, -0.25) is 0 Å². The summed E-state index contributed by atoms with van der Waals surface area (Å²) in [6.45, 7) is 1.18. The molecule has 0 aliphatic heterocycles. The highest BCUT2D eigenvalue weighted by atomic mass is 16.1. The SMILES string of the molecule is O=C=NCC12CCCC1(CN=C=O)C1CCC2C1. The molecule has 4 atom stereocenters. The number of nitrogens with zero attached hydrogens (tertiary/aromatic N) is 2. The molecular weight excluding hydrogens is 228 g/mol. The monoisotopic (exact) mass is 246 g/mol. The Bertz CT molecular complexity index is 411. The predicted molar refractivity (Wildman–Crippen MR) is 65.5 cm³/mol. The van der Waals surface area contributed by atoms with Gasteiger partial charge in [0.2, 0.25) is 12.2 Å². The fourth-order valence-electron chi connectivity index (χ4n) is 5.50. The van der Waals surface area contributed by atoms with E-state index in [1.807, 2.05) is 0 Å². The minimum Gasteiger partial charge on any atom is -0.211 e. The number of aliphatic imine (C=N–C) groups is 2. The molecule has 0 radical (unpaired) electrons. The van der Waals surface area contributed by atoms with E-state index in [1.54, 1.807) is 12.2 Å². The van der Waals surface area contributed by atoms with Crippen LogP contribution in [0.2, 0.25) is 0 Å². The Labute approximate surface area is 107 Å². The lowest BCUT2D eigenvalue weighted by atomic mass is 9.57. The molecule has 0 aromatic carbocycles. The van der Waals surface area contributed by atoms with Gasteiger partial charge >= 0.3 is 0 Å². The molecule has 3 fully saturated rings. The van der Waals surface area contributed by atoms with E-state index in [1.165, 1.54) is 25.7 Å². The van der Waals surface area contributed by atoms with Gasteiger partial charge in [-0.1, -0.05) is 6.42 Å². The summed E-state index contributed by atoms with van der Waals surface area (Å²) in [7, 11) is 0. The second kappa shape index (κ2) is 4.15. The van der Waals surface area contributed by atoms with Crippen molar-refractivity contribution in [3.63, 3.8) is 0 Å². The quantitative estimate of drug-likeness (QED) is 0.564. The lowest BCUT2D eigenvalue weighted by Gasteiger charge is -2.47. The van der Waals surface area contributed by atoms with Gasteiger partial charge in [0.05, 0.1) is 13.1 Å². The van der Waals surface area contributed by atoms with E-state index in [0.717, 1.165) is 12.8 Å². The Hall–Kier alpha value is -1.24. The molecule has 4 nitrogen and oxygen atoms in total. The number of hydrogen-bond acceptors (Lipinski definition) is 4. The van der Waals surface area contributed by atoms with Crippen molar-refractivity contribution in [1.82, 2.24) is 0 Å². The molecule has 3 aliphatic carbocycles. The Balaban J connectivity index is 2.01. The average Bonchev–Trinajstić information content (AvgIpc) is 3.04. The Kier molecular flexibility index (Phi) is 2.73. The summed E-state index contributed by atoms with van der Waals surface area (Å²) in [6, 6.07) is 0. The third-order valence-electron chi connectivity index (χ3n) is 6.08. The van der Waals surface area contributed by atoms with E-state index in [4.69, 9.17) is 0 Å². The number of rotatable bonds is 4. The van der Waals surface area contributed by atoms with E-state index in [9.17, 15) is 9.59 Å². The van der Waals surface area contributed by atoms with Crippen molar-refractivity contribution in [3.8, 4) is 0 Å². The van der Waals surface area contributed by atoms with Gasteiger partial charge in [0.15, 0.2) is 0 Å². The molecule has 2 bridgehead atoms. The summed E-state index contributed by atoms with van der Waals surface area (Å²) in [5, 5.41) is 0. The van der Waals surface area contributed by atoms with Crippen molar-refractivity contribution >= 4 is 12.2 Å². The molecule has 0 heterocycles. The van der Waals surface area contributed by atoms with Crippen LogP contribution < -0.4 is 0 Å². The standard InChI is InChI=1S/C14H18N2O2/c17-9-15-7-13-4-1-5-14(13,8-16-10-18)12-3-2-11(13)6-12/h11-12H,1-8H2. The van der Waals surface area contributed by atoms with E-state index in [0.29, 0.717) is 24.9 Å². The predicted octanol–water partition coefficient (Wildman–Crippen LogP) is 2.24. The van der Waals surface area contributed by atoms with Crippen LogP contribution in [0.25, 0.3) is 0 Å². The molecule has 3 rings (SSSR count). The van der Waals surface area contributed by atoms with Crippen LogP contribution in [0.15, 0.2) is 9.98 Å². The van der Waals surface area contributed by atoms with Crippen LogP contribution in [-0.2, 0) is 9.59 Å². The zero-order valence-electron chi connectivity index (χ0n) is 10.5. The third-order valence-corrected chi connectivity index (χ3v) is 6.08. The maximum Gasteiger partial charge on any atom is 0.234 e. The van der Waals surface area contributed by atoms with Gasteiger partial charge in [0.25, 0.3) is 0 Å². The highest BCUT2D eigenvalue weighted by molar-refractivity contribution is 5.35. The summed E-state index contributed by atoms with van der Waals surface area (Å²) in [5.41, 5.74) is 0.237. The summed E-state index contributed by atoms with van der Waals surface area (Å²) in [5.74, 6) is 1.34. The zero-order valence-corrected chi connectivity index (χ0v) is 10.5. The first-order valence-corrected chi connectivity index (χ1v) is 6.86. The molecule has 0 saturated heterocycles. The summed E-state index contributed by atoms with van der Waals surface area (Å²) >= 11 is 0. The molecule has 0 amide bonds. The number of isocyanates is 2. The smallest absolute Gasteiger partial charge is 0.211 e. The topological polar surface area (TPSA) is 58.9 Å². The van der Waals surface area contributed by atoms with Crippen molar-refractivity contribution in [2.45, 2.75) is 38.5 Å². The van der Waals surface area contributed by atoms with Crippen molar-refractivity contribution < 1.29 is 9.59 Å². The first kappa shape index (κ1) is 11.8. The van der Waals surface area contributed by atoms with Crippen molar-refractivity contribution in [3.05, 3.63) is 0 Å². The lowest BCUT2D eigenvalue weighted by Crippen LogP contribution is -2.47. The molecule has 3 aliphatic rings. The molecule has 0 N–H and O–H groups in total. The van der Waals surface area contributed by atoms with Gasteiger partial charge in [-0.2, -0.15) is 0 Å². The highest BCUT2D eigenvalue weighted by Gasteiger charge is 2.68. The fourth-order valence-corrected chi connectivity index (χ4v) is 5.50. The maximum absolute atomic E-state index is 10.5. The van der Waals surface area contributed by atoms with Crippen LogP contribution in [-0.4, -0.2) is 25.2 Å². The molecule has 18 heavy (non-hydrogen) atoms. The molecule has 96 valence electrons. The molecule has 4 heteroatoms. The Morgan fingerprint density at radius 2 is 1.44 bits per heavy atom. The van der Waals surface area contributed by atoms with Crippen molar-refractivity contribution in [2.24, 2.45) is 32.7 Å². The fraction of sp³-hybridized carbons (Fsp3) is 0.857. The van der Waals surface area contributed by atoms with Crippen LogP contribution in [0.3, 0.4) is 0 Å². The van der Waals surface area contributed by atoms with Gasteiger partial charge in [-0.05, 0) is 43.9 Å². The van der Waals surface area contributed by atoms with E-state index < -0.39 is 0 Å². The largest absolute Gasteiger partial charge is 0.234 e. The molecule has 0 aromatic rings. The van der Waals surface area contributed by atoms with Crippen LogP contribution >= 0.6 is 0 Å². The van der Waals surface area contributed by atoms with Gasteiger partial charge in [-0.25, -0.2) is 19.6 Å². The van der Waals surface area contributed by atoms with Gasteiger partial charge in [0.1, 0.15) is 0 Å². The van der Waals surface area contributed by atoms with Crippen LogP contribution in [0.5, 0.6) is 0 Å². The first-order valence-electron chi connectivity index (χ1n) is 6.86. The molecule has 0 spiro atoms. The minimum atomic E-state index is 0.119. The van der Waals surface area contributed by atoms with E-state index >= 15 is 0 Å². The highest BCUT2D eigenvalue weighted by Crippen LogP contribution is 2.73. The Morgan fingerprint density at radius 1 is 0.944 bits per heavy atom. The first-order chi connectivity index (χ1) is 8.79. The van der Waals surface area contributed by atoms with E-state index in [2.05, 4.69) is 9.98 Å². The molecule has 0 aromatic heterocycles. The van der Waals surface area contributed by atoms with E-state index in [-0.39, 0.29) is 10.8 Å². The third kappa shape index (κ3) is 1.28.